The van der Waals surface area contributed by atoms with Gasteiger partial charge in [-0.25, -0.2) is 0 Å². The topological polar surface area (TPSA) is 46.5 Å². The van der Waals surface area contributed by atoms with E-state index >= 15 is 0 Å². The fourth-order valence-electron chi connectivity index (χ4n) is 7.80. The van der Waals surface area contributed by atoms with E-state index in [1.165, 1.54) is 32.6 Å². The summed E-state index contributed by atoms with van der Waals surface area (Å²) in [6, 6.07) is 0. The van der Waals surface area contributed by atoms with Gasteiger partial charge in [0, 0.05) is 6.92 Å². The number of esters is 1. The van der Waals surface area contributed by atoms with E-state index < -0.39 is 5.60 Å². The van der Waals surface area contributed by atoms with Gasteiger partial charge in [0.15, 0.2) is 0 Å². The fourth-order valence-corrected chi connectivity index (χ4v) is 7.80. The molecule has 8 atom stereocenters. The van der Waals surface area contributed by atoms with Gasteiger partial charge in [0.2, 0.25) is 0 Å². The van der Waals surface area contributed by atoms with E-state index in [4.69, 9.17) is 4.74 Å². The second-order valence-corrected chi connectivity index (χ2v) is 10.3. The summed E-state index contributed by atoms with van der Waals surface area (Å²) in [6.07, 6.45) is 10.3. The van der Waals surface area contributed by atoms with Crippen molar-refractivity contribution < 1.29 is 14.6 Å². The molecule has 0 radical (unpaired) electrons. The van der Waals surface area contributed by atoms with Crippen LogP contribution < -0.4 is 0 Å². The molecule has 0 heterocycles. The molecule has 1 N–H and O–H groups in total. The van der Waals surface area contributed by atoms with Crippen LogP contribution in [-0.4, -0.2) is 22.8 Å². The number of hydrogen-bond donors (Lipinski definition) is 1. The van der Waals surface area contributed by atoms with Gasteiger partial charge in [0.05, 0.1) is 5.60 Å². The van der Waals surface area contributed by atoms with Crippen molar-refractivity contribution in [1.82, 2.24) is 0 Å². The molecule has 3 nitrogen and oxygen atoms in total. The van der Waals surface area contributed by atoms with Crippen LogP contribution in [0.3, 0.4) is 0 Å². The molecule has 0 bridgehead atoms. The molecule has 0 aromatic carbocycles. The molecule has 4 rings (SSSR count). The SMILES string of the molecule is CC(=O)OC1CC[C@@]2(C)C(CC[C@@H]3[C@H]2CC[C@]2(C)C(C)CC[C@@]32O)C1. The summed E-state index contributed by atoms with van der Waals surface area (Å²) in [5.41, 5.74) is -0.00912. The lowest BCUT2D eigenvalue weighted by atomic mass is 9.43. The Balaban J connectivity index is 1.58. The van der Waals surface area contributed by atoms with Crippen molar-refractivity contribution in [3.8, 4) is 0 Å². The number of ether oxygens (including phenoxy) is 1. The Morgan fingerprint density at radius 2 is 1.76 bits per heavy atom. The molecule has 0 aromatic heterocycles. The molecular formula is C22H36O3. The average molecular weight is 349 g/mol. The van der Waals surface area contributed by atoms with Gasteiger partial charge in [-0.2, -0.15) is 0 Å². The fraction of sp³-hybridized carbons (Fsp3) is 0.955. The van der Waals surface area contributed by atoms with E-state index in [0.29, 0.717) is 29.1 Å². The van der Waals surface area contributed by atoms with Crippen LogP contribution in [0.1, 0.15) is 85.5 Å². The number of rotatable bonds is 1. The molecular weight excluding hydrogens is 312 g/mol. The third kappa shape index (κ3) is 2.37. The van der Waals surface area contributed by atoms with Gasteiger partial charge >= 0.3 is 5.97 Å². The van der Waals surface area contributed by atoms with Gasteiger partial charge in [0.25, 0.3) is 0 Å². The van der Waals surface area contributed by atoms with E-state index in [1.807, 2.05) is 0 Å². The number of aliphatic hydroxyl groups is 1. The lowest BCUT2D eigenvalue weighted by Crippen LogP contribution is -2.62. The molecule has 4 aliphatic rings. The van der Waals surface area contributed by atoms with Crippen LogP contribution in [0, 0.1) is 34.5 Å². The quantitative estimate of drug-likeness (QED) is 0.698. The molecule has 4 fully saturated rings. The van der Waals surface area contributed by atoms with E-state index in [-0.39, 0.29) is 17.5 Å². The predicted molar refractivity (Wildman–Crippen MR) is 97.9 cm³/mol. The zero-order valence-corrected chi connectivity index (χ0v) is 16.5. The predicted octanol–water partition coefficient (Wildman–Crippen LogP) is 4.71. The van der Waals surface area contributed by atoms with Crippen molar-refractivity contribution in [1.29, 1.82) is 0 Å². The van der Waals surface area contributed by atoms with Gasteiger partial charge in [-0.3, -0.25) is 4.79 Å². The zero-order valence-electron chi connectivity index (χ0n) is 16.5. The van der Waals surface area contributed by atoms with Crippen LogP contribution in [0.4, 0.5) is 0 Å². The van der Waals surface area contributed by atoms with E-state index in [9.17, 15) is 9.90 Å². The summed E-state index contributed by atoms with van der Waals surface area (Å²) in [4.78, 5) is 11.4. The third-order valence-corrected chi connectivity index (χ3v) is 9.60. The molecule has 4 aliphatic carbocycles. The smallest absolute Gasteiger partial charge is 0.302 e. The molecule has 25 heavy (non-hydrogen) atoms. The molecule has 3 heteroatoms. The Bertz CT molecular complexity index is 559. The summed E-state index contributed by atoms with van der Waals surface area (Å²) in [5, 5.41) is 11.8. The van der Waals surface area contributed by atoms with Gasteiger partial charge in [-0.05, 0) is 92.3 Å². The van der Waals surface area contributed by atoms with E-state index in [1.54, 1.807) is 0 Å². The van der Waals surface area contributed by atoms with Crippen molar-refractivity contribution in [2.75, 3.05) is 0 Å². The first-order chi connectivity index (χ1) is 11.7. The summed E-state index contributed by atoms with van der Waals surface area (Å²) in [6.45, 7) is 8.75. The molecule has 0 saturated heterocycles. The highest BCUT2D eigenvalue weighted by Crippen LogP contribution is 2.68. The molecule has 0 spiro atoms. The first-order valence-corrected chi connectivity index (χ1v) is 10.6. The number of hydrogen-bond acceptors (Lipinski definition) is 3. The maximum atomic E-state index is 11.8. The van der Waals surface area contributed by atoms with E-state index in [2.05, 4.69) is 20.8 Å². The number of carbonyl (C=O) groups excluding carboxylic acids is 1. The highest BCUT2D eigenvalue weighted by Gasteiger charge is 2.66. The monoisotopic (exact) mass is 348 g/mol. The number of carbonyl (C=O) groups is 1. The van der Waals surface area contributed by atoms with Crippen LogP contribution >= 0.6 is 0 Å². The highest BCUT2D eigenvalue weighted by atomic mass is 16.5. The van der Waals surface area contributed by atoms with Crippen LogP contribution in [0.5, 0.6) is 0 Å². The molecule has 142 valence electrons. The van der Waals surface area contributed by atoms with Crippen LogP contribution in [-0.2, 0) is 9.53 Å². The summed E-state index contributed by atoms with van der Waals surface area (Å²) in [5.74, 6) is 2.28. The summed E-state index contributed by atoms with van der Waals surface area (Å²) >= 11 is 0. The maximum Gasteiger partial charge on any atom is 0.302 e. The Labute approximate surface area is 152 Å². The molecule has 4 saturated carbocycles. The largest absolute Gasteiger partial charge is 0.463 e. The minimum atomic E-state index is -0.448. The van der Waals surface area contributed by atoms with Gasteiger partial charge in [-0.1, -0.05) is 20.8 Å². The van der Waals surface area contributed by atoms with E-state index in [0.717, 1.165) is 32.1 Å². The van der Waals surface area contributed by atoms with Crippen molar-refractivity contribution in [2.45, 2.75) is 97.2 Å². The van der Waals surface area contributed by atoms with Crippen LogP contribution in [0.2, 0.25) is 0 Å². The zero-order chi connectivity index (χ0) is 18.0. The number of fused-ring (bicyclic) bond motifs is 5. The lowest BCUT2D eigenvalue weighted by Gasteiger charge is -2.63. The van der Waals surface area contributed by atoms with Gasteiger partial charge in [-0.15, -0.1) is 0 Å². The molecule has 0 aromatic rings. The Morgan fingerprint density at radius 1 is 1.00 bits per heavy atom. The first-order valence-electron chi connectivity index (χ1n) is 10.6. The highest BCUT2D eigenvalue weighted by molar-refractivity contribution is 5.66. The first kappa shape index (κ1) is 17.8. The normalized spacial score (nSPS) is 55.0. The average Bonchev–Trinajstić information content (AvgIpc) is 2.79. The van der Waals surface area contributed by atoms with Crippen molar-refractivity contribution in [3.63, 3.8) is 0 Å². The Hall–Kier alpha value is -0.570. The van der Waals surface area contributed by atoms with Crippen LogP contribution in [0.15, 0.2) is 0 Å². The van der Waals surface area contributed by atoms with Crippen molar-refractivity contribution in [3.05, 3.63) is 0 Å². The van der Waals surface area contributed by atoms with Gasteiger partial charge in [0.1, 0.15) is 6.10 Å². The lowest BCUT2D eigenvalue weighted by molar-refractivity contribution is -0.210. The van der Waals surface area contributed by atoms with Crippen LogP contribution in [0.25, 0.3) is 0 Å². The Kier molecular flexibility index (Phi) is 4.07. The third-order valence-electron chi connectivity index (χ3n) is 9.60. The Morgan fingerprint density at radius 3 is 2.48 bits per heavy atom. The second-order valence-electron chi connectivity index (χ2n) is 10.3. The van der Waals surface area contributed by atoms with Crippen molar-refractivity contribution >= 4 is 5.97 Å². The molecule has 3 unspecified atom stereocenters. The minimum absolute atomic E-state index is 0.117. The summed E-state index contributed by atoms with van der Waals surface area (Å²) in [7, 11) is 0. The molecule has 0 amide bonds. The maximum absolute atomic E-state index is 11.8. The van der Waals surface area contributed by atoms with Gasteiger partial charge < -0.3 is 9.84 Å². The molecule has 0 aliphatic heterocycles. The minimum Gasteiger partial charge on any atom is -0.463 e. The second kappa shape index (κ2) is 5.71. The standard InChI is InChI=1S/C22H36O3/c1-14-7-12-22(24)19-6-5-16-13-17(25-15(2)23)8-10-20(16,3)18(19)9-11-21(14,22)4/h14,16-19,24H,5-13H2,1-4H3/t14?,16?,17?,18-,19-,20+,21-,22-/m1/s1. The summed E-state index contributed by atoms with van der Waals surface area (Å²) < 4.78 is 5.55. The van der Waals surface area contributed by atoms with Crippen molar-refractivity contribution in [2.24, 2.45) is 34.5 Å².